The van der Waals surface area contributed by atoms with E-state index < -0.39 is 0 Å². The van der Waals surface area contributed by atoms with Gasteiger partial charge in [0.05, 0.1) is 24.1 Å². The second-order valence-electron chi connectivity index (χ2n) is 4.58. The predicted octanol–water partition coefficient (Wildman–Crippen LogP) is 1.62. The van der Waals surface area contributed by atoms with Gasteiger partial charge < -0.3 is 5.32 Å². The van der Waals surface area contributed by atoms with Gasteiger partial charge in [0.2, 0.25) is 0 Å². The number of nitrogens with one attached hydrogen (secondary N) is 1. The summed E-state index contributed by atoms with van der Waals surface area (Å²) in [5, 5.41) is 16.3. The molecular weight excluding hydrogens is 240 g/mol. The van der Waals surface area contributed by atoms with Crippen LogP contribution in [0.15, 0.2) is 12.4 Å². The van der Waals surface area contributed by atoms with Crippen molar-refractivity contribution in [2.24, 2.45) is 7.05 Å². The van der Waals surface area contributed by atoms with Gasteiger partial charge in [-0.2, -0.15) is 5.10 Å². The number of aryl methyl sites for hydroxylation is 1. The summed E-state index contributed by atoms with van der Waals surface area (Å²) in [6, 6.07) is 0.269. The van der Waals surface area contributed by atoms with E-state index >= 15 is 0 Å². The minimum atomic E-state index is 0.269. The molecule has 0 aliphatic rings. The maximum atomic E-state index is 4.38. The molecule has 0 aromatic carbocycles. The van der Waals surface area contributed by atoms with Crippen LogP contribution in [0.2, 0.25) is 0 Å². The molecule has 0 aliphatic carbocycles. The Bertz CT molecular complexity index is 527. The quantitative estimate of drug-likeness (QED) is 0.859. The van der Waals surface area contributed by atoms with Crippen molar-refractivity contribution in [3.8, 4) is 5.69 Å². The smallest absolute Gasteiger partial charge is 0.105 e. The van der Waals surface area contributed by atoms with Crippen LogP contribution in [-0.2, 0) is 13.5 Å². The fraction of sp³-hybridized carbons (Fsp3) is 0.615. The molecule has 19 heavy (non-hydrogen) atoms. The molecule has 2 heterocycles. The first-order valence-electron chi connectivity index (χ1n) is 6.88. The third-order valence-electron chi connectivity index (χ3n) is 3.25. The molecule has 0 amide bonds. The summed E-state index contributed by atoms with van der Waals surface area (Å²) in [5.41, 5.74) is 3.17. The number of nitrogens with zero attached hydrogens (tertiary/aromatic N) is 5. The number of hydrogen-bond acceptors (Lipinski definition) is 4. The van der Waals surface area contributed by atoms with Crippen molar-refractivity contribution in [2.75, 3.05) is 6.54 Å². The Labute approximate surface area is 113 Å². The van der Waals surface area contributed by atoms with Crippen molar-refractivity contribution in [3.05, 3.63) is 23.8 Å². The van der Waals surface area contributed by atoms with E-state index in [4.69, 9.17) is 0 Å². The molecule has 0 fully saturated rings. The van der Waals surface area contributed by atoms with E-state index in [0.717, 1.165) is 36.5 Å². The Morgan fingerprint density at radius 3 is 2.63 bits per heavy atom. The van der Waals surface area contributed by atoms with E-state index in [-0.39, 0.29) is 6.04 Å². The lowest BCUT2D eigenvalue weighted by Crippen LogP contribution is -2.21. The highest BCUT2D eigenvalue weighted by atomic mass is 15.4. The number of aromatic nitrogens is 5. The Hall–Kier alpha value is -1.69. The fourth-order valence-electron chi connectivity index (χ4n) is 2.32. The van der Waals surface area contributed by atoms with Crippen LogP contribution in [0.25, 0.3) is 5.69 Å². The zero-order chi connectivity index (χ0) is 13.8. The van der Waals surface area contributed by atoms with Gasteiger partial charge in [-0.1, -0.05) is 26.0 Å². The molecule has 1 atom stereocenters. The molecule has 0 bridgehead atoms. The van der Waals surface area contributed by atoms with E-state index in [0.29, 0.717) is 0 Å². The summed E-state index contributed by atoms with van der Waals surface area (Å²) in [6.45, 7) is 7.34. The molecule has 0 saturated heterocycles. The van der Waals surface area contributed by atoms with Gasteiger partial charge in [0.25, 0.3) is 0 Å². The highest BCUT2D eigenvalue weighted by molar-refractivity contribution is 5.29. The average Bonchev–Trinajstić information content (AvgIpc) is 3.01. The first kappa shape index (κ1) is 13.7. The molecule has 0 spiro atoms. The molecule has 2 aromatic rings. The molecule has 0 aliphatic heterocycles. The van der Waals surface area contributed by atoms with E-state index in [9.17, 15) is 0 Å². The zero-order valence-corrected chi connectivity index (χ0v) is 12.1. The molecule has 6 nitrogen and oxygen atoms in total. The monoisotopic (exact) mass is 262 g/mol. The Kier molecular flexibility index (Phi) is 4.31. The van der Waals surface area contributed by atoms with Crippen molar-refractivity contribution in [1.82, 2.24) is 30.1 Å². The van der Waals surface area contributed by atoms with Crippen molar-refractivity contribution in [3.63, 3.8) is 0 Å². The first-order chi connectivity index (χ1) is 9.21. The topological polar surface area (TPSA) is 60.6 Å². The summed E-state index contributed by atoms with van der Waals surface area (Å²) in [7, 11) is 1.90. The third-order valence-corrected chi connectivity index (χ3v) is 3.25. The molecule has 0 saturated carbocycles. The fourth-order valence-corrected chi connectivity index (χ4v) is 2.32. The molecule has 0 radical (unpaired) electrons. The second-order valence-corrected chi connectivity index (χ2v) is 4.58. The maximum absolute atomic E-state index is 4.38. The molecule has 1 N–H and O–H groups in total. The second kappa shape index (κ2) is 5.97. The van der Waals surface area contributed by atoms with Crippen molar-refractivity contribution < 1.29 is 0 Å². The van der Waals surface area contributed by atoms with E-state index in [1.54, 1.807) is 4.68 Å². The maximum Gasteiger partial charge on any atom is 0.105 e. The minimum Gasteiger partial charge on any atom is -0.309 e. The van der Waals surface area contributed by atoms with Crippen LogP contribution in [-0.4, -0.2) is 31.3 Å². The Balaban J connectivity index is 2.39. The average molecular weight is 262 g/mol. The molecular formula is C13H22N6. The normalized spacial score (nSPS) is 12.8. The van der Waals surface area contributed by atoms with Gasteiger partial charge in [0.15, 0.2) is 0 Å². The summed E-state index contributed by atoms with van der Waals surface area (Å²) in [4.78, 5) is 0. The lowest BCUT2D eigenvalue weighted by Gasteiger charge is -2.14. The standard InChI is InChI=1S/C13H22N6/c1-5-11(14-7-3)13-12(6-2)19(17-16-13)10-8-15-18(4)9-10/h8-9,11,14H,5-7H2,1-4H3. The highest BCUT2D eigenvalue weighted by Crippen LogP contribution is 2.21. The summed E-state index contributed by atoms with van der Waals surface area (Å²) >= 11 is 0. The van der Waals surface area contributed by atoms with Gasteiger partial charge in [-0.25, -0.2) is 4.68 Å². The minimum absolute atomic E-state index is 0.269. The molecule has 2 rings (SSSR count). The van der Waals surface area contributed by atoms with E-state index in [2.05, 4.69) is 41.5 Å². The van der Waals surface area contributed by atoms with Gasteiger partial charge in [-0.3, -0.25) is 4.68 Å². The van der Waals surface area contributed by atoms with Crippen LogP contribution in [0.5, 0.6) is 0 Å². The largest absolute Gasteiger partial charge is 0.309 e. The molecule has 1 unspecified atom stereocenters. The molecule has 6 heteroatoms. The lowest BCUT2D eigenvalue weighted by molar-refractivity contribution is 0.520. The zero-order valence-electron chi connectivity index (χ0n) is 12.1. The van der Waals surface area contributed by atoms with Crippen LogP contribution < -0.4 is 5.32 Å². The summed E-state index contributed by atoms with van der Waals surface area (Å²) < 4.78 is 3.67. The summed E-state index contributed by atoms with van der Waals surface area (Å²) in [5.74, 6) is 0. The lowest BCUT2D eigenvalue weighted by atomic mass is 10.1. The highest BCUT2D eigenvalue weighted by Gasteiger charge is 2.20. The van der Waals surface area contributed by atoms with Crippen molar-refractivity contribution in [2.45, 2.75) is 39.7 Å². The van der Waals surface area contributed by atoms with Crippen LogP contribution in [0.1, 0.15) is 44.6 Å². The molecule has 2 aromatic heterocycles. The predicted molar refractivity (Wildman–Crippen MR) is 74.2 cm³/mol. The van der Waals surface area contributed by atoms with E-state index in [1.165, 1.54) is 0 Å². The molecule has 104 valence electrons. The van der Waals surface area contributed by atoms with Gasteiger partial charge >= 0.3 is 0 Å². The van der Waals surface area contributed by atoms with Crippen molar-refractivity contribution in [1.29, 1.82) is 0 Å². The van der Waals surface area contributed by atoms with Crippen LogP contribution in [0.3, 0.4) is 0 Å². The number of hydrogen-bond donors (Lipinski definition) is 1. The SMILES string of the molecule is CCNC(CC)c1nnn(-c2cnn(C)c2)c1CC. The van der Waals surface area contributed by atoms with Crippen LogP contribution in [0.4, 0.5) is 0 Å². The van der Waals surface area contributed by atoms with Crippen LogP contribution in [0, 0.1) is 0 Å². The Morgan fingerprint density at radius 1 is 1.32 bits per heavy atom. The number of rotatable bonds is 6. The van der Waals surface area contributed by atoms with E-state index in [1.807, 2.05) is 24.1 Å². The van der Waals surface area contributed by atoms with Gasteiger partial charge in [0.1, 0.15) is 11.4 Å². The van der Waals surface area contributed by atoms with Gasteiger partial charge in [-0.05, 0) is 19.4 Å². The summed E-state index contributed by atoms with van der Waals surface area (Å²) in [6.07, 6.45) is 5.67. The van der Waals surface area contributed by atoms with Crippen LogP contribution >= 0.6 is 0 Å². The Morgan fingerprint density at radius 2 is 2.11 bits per heavy atom. The van der Waals surface area contributed by atoms with Crippen molar-refractivity contribution >= 4 is 0 Å². The van der Waals surface area contributed by atoms with Gasteiger partial charge in [0, 0.05) is 7.05 Å². The third kappa shape index (κ3) is 2.68. The first-order valence-corrected chi connectivity index (χ1v) is 6.88. The van der Waals surface area contributed by atoms with Gasteiger partial charge in [-0.15, -0.1) is 5.10 Å².